The highest BCUT2D eigenvalue weighted by molar-refractivity contribution is 6.35. The van der Waals surface area contributed by atoms with Crippen LogP contribution in [0.5, 0.6) is 0 Å². The van der Waals surface area contributed by atoms with Gasteiger partial charge in [0.1, 0.15) is 5.82 Å². The van der Waals surface area contributed by atoms with Gasteiger partial charge in [-0.25, -0.2) is 4.98 Å². The van der Waals surface area contributed by atoms with Crippen LogP contribution >= 0.6 is 23.2 Å². The van der Waals surface area contributed by atoms with Crippen LogP contribution in [-0.4, -0.2) is 29.0 Å². The first-order valence-electron chi connectivity index (χ1n) is 7.89. The number of halogens is 2. The maximum Gasteiger partial charge on any atom is 0.237 e. The molecule has 0 aliphatic heterocycles. The number of aromatic nitrogens is 2. The monoisotopic (exact) mass is 376 g/mol. The average Bonchev–Trinajstić information content (AvgIpc) is 3.02. The van der Waals surface area contributed by atoms with E-state index in [-0.39, 0.29) is 5.91 Å². The summed E-state index contributed by atoms with van der Waals surface area (Å²) < 4.78 is 0. The Kier molecular flexibility index (Phi) is 5.58. The van der Waals surface area contributed by atoms with E-state index in [9.17, 15) is 4.79 Å². The number of benzene rings is 2. The van der Waals surface area contributed by atoms with E-state index in [0.29, 0.717) is 28.8 Å². The predicted molar refractivity (Wildman–Crippen MR) is 101 cm³/mol. The number of nitrogens with zero attached hydrogens (tertiary/aromatic N) is 1. The van der Waals surface area contributed by atoms with Gasteiger partial charge in [-0.2, -0.15) is 0 Å². The molecular weight excluding hydrogens is 359 g/mol. The van der Waals surface area contributed by atoms with Crippen molar-refractivity contribution in [2.24, 2.45) is 0 Å². The summed E-state index contributed by atoms with van der Waals surface area (Å²) in [5.41, 5.74) is 2.69. The lowest BCUT2D eigenvalue weighted by molar-refractivity contribution is -0.123. The van der Waals surface area contributed by atoms with Gasteiger partial charge in [0.25, 0.3) is 0 Å². The standard InChI is InChI=1S/C18H18Cl2N4O/c1-21-16(8-11-6-7-12(19)9-13(11)20)18(25)22-10-17-23-14-4-2-3-5-15(14)24-17/h2-7,9,16,21H,8,10H2,1H3,(H,22,25)(H,23,24)/t16-/m0/s1. The van der Waals surface area contributed by atoms with Crippen LogP contribution in [0.2, 0.25) is 10.0 Å². The first-order valence-corrected chi connectivity index (χ1v) is 8.65. The number of rotatable bonds is 6. The molecule has 0 unspecified atom stereocenters. The molecule has 1 heterocycles. The van der Waals surface area contributed by atoms with Gasteiger partial charge in [-0.1, -0.05) is 41.4 Å². The predicted octanol–water partition coefficient (Wildman–Crippen LogP) is 3.32. The maximum absolute atomic E-state index is 12.5. The van der Waals surface area contributed by atoms with Gasteiger partial charge in [0.05, 0.1) is 23.6 Å². The highest BCUT2D eigenvalue weighted by atomic mass is 35.5. The lowest BCUT2D eigenvalue weighted by atomic mass is 10.1. The fourth-order valence-electron chi connectivity index (χ4n) is 2.62. The molecule has 3 rings (SSSR count). The number of carbonyl (C=O) groups is 1. The Morgan fingerprint density at radius 1 is 1.24 bits per heavy atom. The van der Waals surface area contributed by atoms with Crippen LogP contribution in [0.25, 0.3) is 11.0 Å². The summed E-state index contributed by atoms with van der Waals surface area (Å²) >= 11 is 12.1. The van der Waals surface area contributed by atoms with Crippen LogP contribution in [0, 0.1) is 0 Å². The molecule has 5 nitrogen and oxygen atoms in total. The first kappa shape index (κ1) is 17.7. The Hall–Kier alpha value is -2.08. The number of aromatic amines is 1. The van der Waals surface area contributed by atoms with Crippen LogP contribution < -0.4 is 10.6 Å². The molecule has 0 saturated heterocycles. The molecule has 0 radical (unpaired) electrons. The van der Waals surface area contributed by atoms with Crippen molar-refractivity contribution < 1.29 is 4.79 Å². The summed E-state index contributed by atoms with van der Waals surface area (Å²) in [6.45, 7) is 0.333. The molecule has 3 N–H and O–H groups in total. The second kappa shape index (κ2) is 7.87. The van der Waals surface area contributed by atoms with Gasteiger partial charge >= 0.3 is 0 Å². The second-order valence-electron chi connectivity index (χ2n) is 5.70. The molecule has 0 spiro atoms. The topological polar surface area (TPSA) is 69.8 Å². The molecule has 0 aliphatic carbocycles. The van der Waals surface area contributed by atoms with Gasteiger partial charge < -0.3 is 15.6 Å². The number of hydrogen-bond donors (Lipinski definition) is 3. The van der Waals surface area contributed by atoms with Crippen molar-refractivity contribution >= 4 is 40.1 Å². The summed E-state index contributed by atoms with van der Waals surface area (Å²) in [5, 5.41) is 7.05. The molecule has 2 aromatic carbocycles. The number of H-pyrrole nitrogens is 1. The van der Waals surface area contributed by atoms with Crippen molar-refractivity contribution in [1.82, 2.24) is 20.6 Å². The van der Waals surface area contributed by atoms with Crippen LogP contribution in [0.1, 0.15) is 11.4 Å². The highest BCUT2D eigenvalue weighted by Gasteiger charge is 2.18. The smallest absolute Gasteiger partial charge is 0.237 e. The summed E-state index contributed by atoms with van der Waals surface area (Å²) in [6.07, 6.45) is 0.471. The summed E-state index contributed by atoms with van der Waals surface area (Å²) in [5.74, 6) is 0.600. The van der Waals surface area contributed by atoms with Crippen molar-refractivity contribution in [1.29, 1.82) is 0 Å². The number of fused-ring (bicyclic) bond motifs is 1. The molecule has 1 aromatic heterocycles. The van der Waals surface area contributed by atoms with E-state index in [2.05, 4.69) is 20.6 Å². The van der Waals surface area contributed by atoms with E-state index in [4.69, 9.17) is 23.2 Å². The quantitative estimate of drug-likeness (QED) is 0.617. The number of amides is 1. The molecule has 0 saturated carbocycles. The number of likely N-dealkylation sites (N-methyl/N-ethyl adjacent to an activating group) is 1. The Morgan fingerprint density at radius 3 is 2.76 bits per heavy atom. The highest BCUT2D eigenvalue weighted by Crippen LogP contribution is 2.22. The van der Waals surface area contributed by atoms with Crippen LogP contribution in [0.3, 0.4) is 0 Å². The minimum atomic E-state index is -0.400. The van der Waals surface area contributed by atoms with E-state index in [0.717, 1.165) is 16.6 Å². The maximum atomic E-state index is 12.5. The van der Waals surface area contributed by atoms with Gasteiger partial charge in [0, 0.05) is 10.0 Å². The Balaban J connectivity index is 1.63. The zero-order chi connectivity index (χ0) is 17.8. The van der Waals surface area contributed by atoms with Crippen LogP contribution in [-0.2, 0) is 17.8 Å². The van der Waals surface area contributed by atoms with E-state index in [1.165, 1.54) is 0 Å². The van der Waals surface area contributed by atoms with Gasteiger partial charge in [0.15, 0.2) is 0 Å². The summed E-state index contributed by atoms with van der Waals surface area (Å²) in [6, 6.07) is 12.6. The molecule has 3 aromatic rings. The summed E-state index contributed by atoms with van der Waals surface area (Å²) in [4.78, 5) is 20.1. The van der Waals surface area contributed by atoms with Gasteiger partial charge in [0.2, 0.25) is 5.91 Å². The number of hydrogen-bond acceptors (Lipinski definition) is 3. The van der Waals surface area contributed by atoms with Crippen LogP contribution in [0.4, 0.5) is 0 Å². The third kappa shape index (κ3) is 4.31. The van der Waals surface area contributed by atoms with E-state index in [1.807, 2.05) is 30.3 Å². The van der Waals surface area contributed by atoms with Gasteiger partial charge in [-0.15, -0.1) is 0 Å². The lowest BCUT2D eigenvalue weighted by Crippen LogP contribution is -2.43. The Labute approximate surface area is 155 Å². The number of carbonyl (C=O) groups excluding carboxylic acids is 1. The molecule has 0 aliphatic rings. The number of para-hydroxylation sites is 2. The van der Waals surface area contributed by atoms with Crippen molar-refractivity contribution in [2.45, 2.75) is 19.0 Å². The Morgan fingerprint density at radius 2 is 2.04 bits per heavy atom. The molecule has 0 bridgehead atoms. The fraction of sp³-hybridized carbons (Fsp3) is 0.222. The minimum Gasteiger partial charge on any atom is -0.348 e. The molecule has 1 atom stereocenters. The molecule has 25 heavy (non-hydrogen) atoms. The van der Waals surface area contributed by atoms with Gasteiger partial charge in [-0.05, 0) is 43.3 Å². The zero-order valence-electron chi connectivity index (χ0n) is 13.6. The van der Waals surface area contributed by atoms with E-state index >= 15 is 0 Å². The molecule has 0 fully saturated rings. The molecule has 1 amide bonds. The normalized spacial score (nSPS) is 12.3. The largest absolute Gasteiger partial charge is 0.348 e. The third-order valence-corrected chi connectivity index (χ3v) is 4.56. The minimum absolute atomic E-state index is 0.117. The fourth-order valence-corrected chi connectivity index (χ4v) is 3.10. The molecule has 130 valence electrons. The van der Waals surface area contributed by atoms with Crippen molar-refractivity contribution in [3.05, 3.63) is 63.9 Å². The van der Waals surface area contributed by atoms with E-state index < -0.39 is 6.04 Å². The third-order valence-electron chi connectivity index (χ3n) is 3.97. The van der Waals surface area contributed by atoms with Crippen molar-refractivity contribution in [3.63, 3.8) is 0 Å². The lowest BCUT2D eigenvalue weighted by Gasteiger charge is -2.16. The second-order valence-corrected chi connectivity index (χ2v) is 6.54. The van der Waals surface area contributed by atoms with Crippen molar-refractivity contribution in [3.8, 4) is 0 Å². The van der Waals surface area contributed by atoms with Crippen molar-refractivity contribution in [2.75, 3.05) is 7.05 Å². The van der Waals surface area contributed by atoms with Gasteiger partial charge in [-0.3, -0.25) is 4.79 Å². The molecular formula is C18H18Cl2N4O. The number of imidazole rings is 1. The zero-order valence-corrected chi connectivity index (χ0v) is 15.2. The summed E-state index contributed by atoms with van der Waals surface area (Å²) in [7, 11) is 1.75. The van der Waals surface area contributed by atoms with Crippen LogP contribution in [0.15, 0.2) is 42.5 Å². The average molecular weight is 377 g/mol. The number of nitrogens with one attached hydrogen (secondary N) is 3. The molecule has 7 heteroatoms. The first-order chi connectivity index (χ1) is 12.1. The SMILES string of the molecule is CN[C@@H](Cc1ccc(Cl)cc1Cl)C(=O)NCc1nc2ccccc2[nH]1. The van der Waals surface area contributed by atoms with E-state index in [1.54, 1.807) is 19.2 Å². The Bertz CT molecular complexity index is 861.